The largest absolute Gasteiger partial charge is 0.411 e. The zero-order valence-corrected chi connectivity index (χ0v) is 13.4. The highest BCUT2D eigenvalue weighted by atomic mass is 32.2. The minimum Gasteiger partial charge on any atom is -0.411 e. The molecular formula is C16H10N4OS2. The van der Waals surface area contributed by atoms with Gasteiger partial charge in [0.1, 0.15) is 0 Å². The lowest BCUT2D eigenvalue weighted by Gasteiger charge is -2.08. The van der Waals surface area contributed by atoms with E-state index < -0.39 is 0 Å². The number of oxime groups is 1. The van der Waals surface area contributed by atoms with Crippen molar-refractivity contribution in [1.82, 2.24) is 15.0 Å². The summed E-state index contributed by atoms with van der Waals surface area (Å²) in [5, 5.41) is 15.9. The molecule has 0 aliphatic heterocycles. The number of hydrogen-bond donors (Lipinski definition) is 1. The molecule has 0 bridgehead atoms. The van der Waals surface area contributed by atoms with Gasteiger partial charge in [0, 0.05) is 33.4 Å². The van der Waals surface area contributed by atoms with Crippen molar-refractivity contribution in [1.29, 1.82) is 0 Å². The van der Waals surface area contributed by atoms with Crippen LogP contribution in [0.2, 0.25) is 0 Å². The Labute approximate surface area is 139 Å². The third-order valence-corrected chi connectivity index (χ3v) is 5.27. The van der Waals surface area contributed by atoms with Crippen molar-refractivity contribution in [3.8, 4) is 0 Å². The number of fused-ring (bicyclic) bond motifs is 3. The first-order valence-electron chi connectivity index (χ1n) is 6.78. The molecule has 0 atom stereocenters. The lowest BCUT2D eigenvalue weighted by Crippen LogP contribution is -1.93. The first-order chi connectivity index (χ1) is 11.3. The van der Waals surface area contributed by atoms with Crippen LogP contribution in [0.1, 0.15) is 5.69 Å². The predicted molar refractivity (Wildman–Crippen MR) is 92.7 cm³/mol. The van der Waals surface area contributed by atoms with Gasteiger partial charge >= 0.3 is 0 Å². The van der Waals surface area contributed by atoms with Crippen LogP contribution in [0.15, 0.2) is 62.5 Å². The minimum absolute atomic E-state index is 0.581. The zero-order valence-electron chi connectivity index (χ0n) is 11.7. The highest BCUT2D eigenvalue weighted by Gasteiger charge is 2.11. The molecule has 3 heterocycles. The Hall–Kier alpha value is -2.51. The van der Waals surface area contributed by atoms with Crippen molar-refractivity contribution in [2.45, 2.75) is 9.24 Å². The van der Waals surface area contributed by atoms with E-state index in [0.717, 1.165) is 31.0 Å². The van der Waals surface area contributed by atoms with Crippen molar-refractivity contribution < 1.29 is 5.21 Å². The highest BCUT2D eigenvalue weighted by molar-refractivity contribution is 8.01. The summed E-state index contributed by atoms with van der Waals surface area (Å²) in [7, 11) is 0. The van der Waals surface area contributed by atoms with Gasteiger partial charge < -0.3 is 5.21 Å². The molecule has 0 aliphatic rings. The van der Waals surface area contributed by atoms with Gasteiger partial charge in [-0.3, -0.25) is 4.98 Å². The van der Waals surface area contributed by atoms with Gasteiger partial charge in [-0.25, -0.2) is 9.97 Å². The van der Waals surface area contributed by atoms with E-state index in [2.05, 4.69) is 20.1 Å². The fourth-order valence-electron chi connectivity index (χ4n) is 2.38. The second kappa shape index (κ2) is 5.94. The first-order valence-corrected chi connectivity index (χ1v) is 8.48. The van der Waals surface area contributed by atoms with Crippen LogP contribution >= 0.6 is 23.1 Å². The summed E-state index contributed by atoms with van der Waals surface area (Å²) in [6.45, 7) is 0. The molecule has 0 saturated carbocycles. The molecule has 23 heavy (non-hydrogen) atoms. The van der Waals surface area contributed by atoms with E-state index in [4.69, 9.17) is 5.21 Å². The molecule has 5 nitrogen and oxygen atoms in total. The summed E-state index contributed by atoms with van der Waals surface area (Å²) in [6, 6.07) is 9.88. The van der Waals surface area contributed by atoms with E-state index in [1.165, 1.54) is 6.21 Å². The standard InChI is InChI=1S/C16H10N4OS2/c21-19-9-11-8-13(23-16-18-6-7-22-16)12-4-3-10-2-1-5-17-14(10)15(12)20-11/h1-9,21H. The monoisotopic (exact) mass is 338 g/mol. The van der Waals surface area contributed by atoms with Gasteiger partial charge in [0.15, 0.2) is 4.34 Å². The number of thiazole rings is 1. The number of pyridine rings is 2. The van der Waals surface area contributed by atoms with Crippen molar-refractivity contribution in [2.75, 3.05) is 0 Å². The van der Waals surface area contributed by atoms with Crippen LogP contribution < -0.4 is 0 Å². The minimum atomic E-state index is 0.581. The summed E-state index contributed by atoms with van der Waals surface area (Å²) in [6.07, 6.45) is 4.86. The van der Waals surface area contributed by atoms with Crippen molar-refractivity contribution in [3.05, 3.63) is 53.8 Å². The van der Waals surface area contributed by atoms with Crippen molar-refractivity contribution in [3.63, 3.8) is 0 Å². The molecule has 4 aromatic rings. The van der Waals surface area contributed by atoms with E-state index >= 15 is 0 Å². The Kier molecular flexibility index (Phi) is 3.64. The summed E-state index contributed by atoms with van der Waals surface area (Å²) in [4.78, 5) is 14.4. The molecule has 112 valence electrons. The summed E-state index contributed by atoms with van der Waals surface area (Å²) >= 11 is 3.15. The molecule has 0 unspecified atom stereocenters. The number of nitrogens with zero attached hydrogens (tertiary/aromatic N) is 4. The van der Waals surface area contributed by atoms with Gasteiger partial charge in [-0.15, -0.1) is 11.3 Å². The Balaban J connectivity index is 2.01. The third-order valence-electron chi connectivity index (χ3n) is 3.33. The molecule has 0 aliphatic carbocycles. The lowest BCUT2D eigenvalue weighted by molar-refractivity contribution is 0.321. The van der Waals surface area contributed by atoms with Crippen LogP contribution in [0, 0.1) is 0 Å². The molecule has 3 aromatic heterocycles. The average molecular weight is 338 g/mol. The van der Waals surface area contributed by atoms with Crippen LogP contribution in [0.5, 0.6) is 0 Å². The van der Waals surface area contributed by atoms with E-state index in [1.807, 2.05) is 35.7 Å². The average Bonchev–Trinajstić information content (AvgIpc) is 3.08. The number of rotatable bonds is 3. The maximum atomic E-state index is 8.85. The normalized spacial score (nSPS) is 11.7. The Morgan fingerprint density at radius 3 is 2.91 bits per heavy atom. The molecule has 0 fully saturated rings. The maximum Gasteiger partial charge on any atom is 0.154 e. The van der Waals surface area contributed by atoms with Gasteiger partial charge in [-0.2, -0.15) is 0 Å². The Bertz CT molecular complexity index is 1020. The highest BCUT2D eigenvalue weighted by Crippen LogP contribution is 2.36. The van der Waals surface area contributed by atoms with Crippen LogP contribution in [0.3, 0.4) is 0 Å². The summed E-state index contributed by atoms with van der Waals surface area (Å²) in [5.41, 5.74) is 2.20. The van der Waals surface area contributed by atoms with Crippen molar-refractivity contribution in [2.24, 2.45) is 5.16 Å². The van der Waals surface area contributed by atoms with Crippen molar-refractivity contribution >= 4 is 51.1 Å². The summed E-state index contributed by atoms with van der Waals surface area (Å²) in [5.74, 6) is 0. The topological polar surface area (TPSA) is 71.3 Å². The van der Waals surface area contributed by atoms with Gasteiger partial charge in [0.05, 0.1) is 22.9 Å². The van der Waals surface area contributed by atoms with Crippen LogP contribution in [-0.2, 0) is 0 Å². The van der Waals surface area contributed by atoms with Crippen LogP contribution in [0.4, 0.5) is 0 Å². The van der Waals surface area contributed by atoms with E-state index in [9.17, 15) is 0 Å². The molecule has 0 spiro atoms. The van der Waals surface area contributed by atoms with Gasteiger partial charge in [0.25, 0.3) is 0 Å². The van der Waals surface area contributed by atoms with Crippen LogP contribution in [0.25, 0.3) is 21.8 Å². The number of aromatic nitrogens is 3. The molecule has 0 amide bonds. The molecule has 1 aromatic carbocycles. The number of benzene rings is 1. The summed E-state index contributed by atoms with van der Waals surface area (Å²) < 4.78 is 0.950. The van der Waals surface area contributed by atoms with E-state index in [0.29, 0.717) is 5.69 Å². The SMILES string of the molecule is ON=Cc1cc(Sc2nccs2)c2ccc3cccnc3c2n1. The van der Waals surface area contributed by atoms with E-state index in [1.54, 1.807) is 35.5 Å². The Morgan fingerprint density at radius 2 is 2.09 bits per heavy atom. The fraction of sp³-hybridized carbons (Fsp3) is 0. The van der Waals surface area contributed by atoms with Gasteiger partial charge in [-0.1, -0.05) is 35.1 Å². The first kappa shape index (κ1) is 14.1. The number of hydrogen-bond acceptors (Lipinski definition) is 7. The second-order valence-corrected chi connectivity index (χ2v) is 6.91. The van der Waals surface area contributed by atoms with Crippen LogP contribution in [-0.4, -0.2) is 26.4 Å². The molecular weight excluding hydrogens is 328 g/mol. The lowest BCUT2D eigenvalue weighted by atomic mass is 10.1. The van der Waals surface area contributed by atoms with Gasteiger partial charge in [0.2, 0.25) is 0 Å². The van der Waals surface area contributed by atoms with E-state index in [-0.39, 0.29) is 0 Å². The molecule has 7 heteroatoms. The molecule has 4 rings (SSSR count). The maximum absolute atomic E-state index is 8.85. The van der Waals surface area contributed by atoms with Gasteiger partial charge in [-0.05, 0) is 12.1 Å². The smallest absolute Gasteiger partial charge is 0.154 e. The molecule has 1 N–H and O–H groups in total. The Morgan fingerprint density at radius 1 is 1.13 bits per heavy atom. The molecule has 0 saturated heterocycles. The second-order valence-electron chi connectivity index (χ2n) is 4.73. The fourth-order valence-corrected chi connectivity index (χ4v) is 4.12. The zero-order chi connectivity index (χ0) is 15.6. The third kappa shape index (κ3) is 2.64. The quantitative estimate of drug-likeness (QED) is 0.262. The molecule has 0 radical (unpaired) electrons. The predicted octanol–water partition coefficient (Wildman–Crippen LogP) is 4.20.